The number of aromatic nitrogens is 3. The van der Waals surface area contributed by atoms with Gasteiger partial charge in [-0.3, -0.25) is 14.5 Å². The molecule has 0 N–H and O–H groups in total. The standard InChI is InChI=1S/C22H24N4O/c1-25-16-20(15-24-25)21-10-9-19(14-23-21)22(27)26-12-5-8-18(11-13-26)17-6-3-2-4-7-17/h2-4,6-7,9-10,14-16,18H,5,8,11-13H2,1H3/t18-/m1/s1. The Morgan fingerprint density at radius 3 is 2.59 bits per heavy atom. The van der Waals surface area contributed by atoms with Crippen molar-refractivity contribution in [3.8, 4) is 11.3 Å². The summed E-state index contributed by atoms with van der Waals surface area (Å²) in [7, 11) is 1.88. The van der Waals surface area contributed by atoms with Gasteiger partial charge in [-0.1, -0.05) is 30.3 Å². The van der Waals surface area contributed by atoms with E-state index in [1.54, 1.807) is 17.1 Å². The molecule has 0 aliphatic carbocycles. The molecule has 1 aliphatic rings. The van der Waals surface area contributed by atoms with E-state index in [0.717, 1.165) is 43.6 Å². The second-order valence-corrected chi connectivity index (χ2v) is 7.17. The number of likely N-dealkylation sites (tertiary alicyclic amines) is 1. The number of aryl methyl sites for hydroxylation is 1. The number of amides is 1. The van der Waals surface area contributed by atoms with Crippen LogP contribution in [0.15, 0.2) is 61.1 Å². The highest BCUT2D eigenvalue weighted by Gasteiger charge is 2.22. The zero-order valence-corrected chi connectivity index (χ0v) is 15.6. The molecular weight excluding hydrogens is 336 g/mol. The van der Waals surface area contributed by atoms with Crippen molar-refractivity contribution < 1.29 is 4.79 Å². The summed E-state index contributed by atoms with van der Waals surface area (Å²) in [6, 6.07) is 14.4. The molecule has 2 aromatic heterocycles. The zero-order chi connectivity index (χ0) is 18.6. The third kappa shape index (κ3) is 3.92. The van der Waals surface area contributed by atoms with Gasteiger partial charge in [-0.15, -0.1) is 0 Å². The lowest BCUT2D eigenvalue weighted by Gasteiger charge is -2.20. The summed E-state index contributed by atoms with van der Waals surface area (Å²) >= 11 is 0. The molecule has 1 aliphatic heterocycles. The second-order valence-electron chi connectivity index (χ2n) is 7.17. The van der Waals surface area contributed by atoms with Crippen LogP contribution in [0.5, 0.6) is 0 Å². The van der Waals surface area contributed by atoms with Crippen LogP contribution in [0.1, 0.15) is 41.1 Å². The lowest BCUT2D eigenvalue weighted by atomic mass is 9.92. The molecule has 3 heterocycles. The Hall–Kier alpha value is -2.95. The van der Waals surface area contributed by atoms with Crippen LogP contribution < -0.4 is 0 Å². The maximum atomic E-state index is 12.9. The number of pyridine rings is 1. The molecule has 27 heavy (non-hydrogen) atoms. The first kappa shape index (κ1) is 17.5. The minimum absolute atomic E-state index is 0.0777. The first-order valence-corrected chi connectivity index (χ1v) is 9.50. The van der Waals surface area contributed by atoms with Crippen molar-refractivity contribution in [1.29, 1.82) is 0 Å². The largest absolute Gasteiger partial charge is 0.339 e. The quantitative estimate of drug-likeness (QED) is 0.712. The van der Waals surface area contributed by atoms with Gasteiger partial charge in [-0.2, -0.15) is 5.10 Å². The van der Waals surface area contributed by atoms with Crippen molar-refractivity contribution in [1.82, 2.24) is 19.7 Å². The maximum absolute atomic E-state index is 12.9. The van der Waals surface area contributed by atoms with E-state index < -0.39 is 0 Å². The predicted octanol–water partition coefficient (Wildman–Crippen LogP) is 3.89. The van der Waals surface area contributed by atoms with Gasteiger partial charge in [0.05, 0.1) is 17.5 Å². The molecule has 1 atom stereocenters. The van der Waals surface area contributed by atoms with E-state index in [0.29, 0.717) is 11.5 Å². The molecule has 1 fully saturated rings. The van der Waals surface area contributed by atoms with Crippen LogP contribution in [0.2, 0.25) is 0 Å². The van der Waals surface area contributed by atoms with Crippen LogP contribution in [-0.4, -0.2) is 38.7 Å². The van der Waals surface area contributed by atoms with Crippen molar-refractivity contribution in [2.24, 2.45) is 7.05 Å². The summed E-state index contributed by atoms with van der Waals surface area (Å²) in [5, 5.41) is 4.17. The van der Waals surface area contributed by atoms with E-state index in [2.05, 4.69) is 40.4 Å². The van der Waals surface area contributed by atoms with E-state index in [-0.39, 0.29) is 5.91 Å². The van der Waals surface area contributed by atoms with Crippen molar-refractivity contribution in [3.05, 3.63) is 72.2 Å². The topological polar surface area (TPSA) is 51.0 Å². The van der Waals surface area contributed by atoms with Gasteiger partial charge in [0.1, 0.15) is 0 Å². The predicted molar refractivity (Wildman–Crippen MR) is 105 cm³/mol. The molecule has 4 rings (SSSR count). The van der Waals surface area contributed by atoms with Gasteiger partial charge in [0.15, 0.2) is 0 Å². The van der Waals surface area contributed by atoms with Crippen LogP contribution in [0, 0.1) is 0 Å². The van der Waals surface area contributed by atoms with Gasteiger partial charge in [0, 0.05) is 38.1 Å². The number of benzene rings is 1. The Bertz CT molecular complexity index is 902. The number of hydrogen-bond acceptors (Lipinski definition) is 3. The summed E-state index contributed by atoms with van der Waals surface area (Å²) in [6.45, 7) is 1.61. The fourth-order valence-corrected chi connectivity index (χ4v) is 3.79. The Morgan fingerprint density at radius 1 is 1.04 bits per heavy atom. The van der Waals surface area contributed by atoms with Gasteiger partial charge >= 0.3 is 0 Å². The Morgan fingerprint density at radius 2 is 1.89 bits per heavy atom. The Labute approximate surface area is 159 Å². The summed E-state index contributed by atoms with van der Waals surface area (Å²) in [6.07, 6.45) is 8.56. The van der Waals surface area contributed by atoms with Crippen molar-refractivity contribution >= 4 is 5.91 Å². The smallest absolute Gasteiger partial charge is 0.255 e. The van der Waals surface area contributed by atoms with Gasteiger partial charge in [0.2, 0.25) is 0 Å². The molecule has 1 saturated heterocycles. The molecule has 0 radical (unpaired) electrons. The summed E-state index contributed by atoms with van der Waals surface area (Å²) in [5.74, 6) is 0.615. The highest BCUT2D eigenvalue weighted by atomic mass is 16.2. The van der Waals surface area contributed by atoms with Crippen molar-refractivity contribution in [2.45, 2.75) is 25.2 Å². The van der Waals surface area contributed by atoms with E-state index in [4.69, 9.17) is 0 Å². The molecule has 0 spiro atoms. The van der Waals surface area contributed by atoms with Crippen LogP contribution in [0.4, 0.5) is 0 Å². The zero-order valence-electron chi connectivity index (χ0n) is 15.6. The third-order valence-corrected chi connectivity index (χ3v) is 5.30. The molecule has 1 amide bonds. The van der Waals surface area contributed by atoms with Crippen LogP contribution >= 0.6 is 0 Å². The molecule has 138 valence electrons. The average molecular weight is 360 g/mol. The Balaban J connectivity index is 1.43. The maximum Gasteiger partial charge on any atom is 0.255 e. The van der Waals surface area contributed by atoms with Crippen LogP contribution in [0.25, 0.3) is 11.3 Å². The molecule has 5 nitrogen and oxygen atoms in total. The molecule has 1 aromatic carbocycles. The van der Waals surface area contributed by atoms with Crippen LogP contribution in [0.3, 0.4) is 0 Å². The molecular formula is C22H24N4O. The average Bonchev–Trinajstić information content (AvgIpc) is 3.00. The lowest BCUT2D eigenvalue weighted by Crippen LogP contribution is -2.32. The summed E-state index contributed by atoms with van der Waals surface area (Å²) < 4.78 is 1.75. The summed E-state index contributed by atoms with van der Waals surface area (Å²) in [5.41, 5.74) is 3.83. The van der Waals surface area contributed by atoms with E-state index in [1.807, 2.05) is 30.3 Å². The van der Waals surface area contributed by atoms with Gasteiger partial charge in [0.25, 0.3) is 5.91 Å². The fraction of sp³-hybridized carbons (Fsp3) is 0.318. The van der Waals surface area contributed by atoms with Crippen molar-refractivity contribution in [2.75, 3.05) is 13.1 Å². The third-order valence-electron chi connectivity index (χ3n) is 5.30. The van der Waals surface area contributed by atoms with Gasteiger partial charge in [-0.25, -0.2) is 0 Å². The molecule has 0 bridgehead atoms. The first-order valence-electron chi connectivity index (χ1n) is 9.50. The van der Waals surface area contributed by atoms with E-state index >= 15 is 0 Å². The summed E-state index contributed by atoms with van der Waals surface area (Å²) in [4.78, 5) is 19.4. The Kier molecular flexibility index (Phi) is 5.01. The molecule has 5 heteroatoms. The van der Waals surface area contributed by atoms with Gasteiger partial charge < -0.3 is 4.90 Å². The monoisotopic (exact) mass is 360 g/mol. The van der Waals surface area contributed by atoms with E-state index in [9.17, 15) is 4.79 Å². The minimum Gasteiger partial charge on any atom is -0.339 e. The first-order chi connectivity index (χ1) is 13.2. The van der Waals surface area contributed by atoms with E-state index in [1.165, 1.54) is 5.56 Å². The molecule has 0 unspecified atom stereocenters. The second kappa shape index (κ2) is 7.74. The SMILES string of the molecule is Cn1cc(-c2ccc(C(=O)N3CCC[C@@H](c4ccccc4)CC3)cn2)cn1. The normalized spacial score (nSPS) is 17.5. The fourth-order valence-electron chi connectivity index (χ4n) is 3.79. The van der Waals surface area contributed by atoms with Crippen LogP contribution in [-0.2, 0) is 7.05 Å². The number of rotatable bonds is 3. The van der Waals surface area contributed by atoms with Crippen molar-refractivity contribution in [3.63, 3.8) is 0 Å². The number of carbonyl (C=O) groups is 1. The highest BCUT2D eigenvalue weighted by molar-refractivity contribution is 5.94. The lowest BCUT2D eigenvalue weighted by molar-refractivity contribution is 0.0760. The molecule has 3 aromatic rings. The number of carbonyl (C=O) groups excluding carboxylic acids is 1. The number of hydrogen-bond donors (Lipinski definition) is 0. The van der Waals surface area contributed by atoms with Gasteiger partial charge in [-0.05, 0) is 42.9 Å². The molecule has 0 saturated carbocycles. The minimum atomic E-state index is 0.0777. The highest BCUT2D eigenvalue weighted by Crippen LogP contribution is 2.28. The number of nitrogens with zero attached hydrogens (tertiary/aromatic N) is 4.